The Labute approximate surface area is 145 Å². The van der Waals surface area contributed by atoms with Crippen LogP contribution in [0.25, 0.3) is 0 Å². The third-order valence-electron chi connectivity index (χ3n) is 4.44. The molecule has 4 rings (SSSR count). The Bertz CT molecular complexity index is 748. The number of anilines is 1. The van der Waals surface area contributed by atoms with Crippen molar-refractivity contribution < 1.29 is 9.53 Å². The van der Waals surface area contributed by atoms with Gasteiger partial charge in [-0.3, -0.25) is 9.78 Å². The van der Waals surface area contributed by atoms with Crippen LogP contribution in [0.3, 0.4) is 0 Å². The molecule has 0 aliphatic carbocycles. The summed E-state index contributed by atoms with van der Waals surface area (Å²) in [5.41, 5.74) is 0.999. The van der Waals surface area contributed by atoms with E-state index in [-0.39, 0.29) is 5.91 Å². The molecule has 1 fully saturated rings. The summed E-state index contributed by atoms with van der Waals surface area (Å²) in [6.07, 6.45) is 5.23. The minimum Gasteiger partial charge on any atom is -0.480 e. The average Bonchev–Trinajstić information content (AvgIpc) is 3.05. The first-order chi connectivity index (χ1) is 11.7. The van der Waals surface area contributed by atoms with E-state index in [2.05, 4.69) is 14.9 Å². The van der Waals surface area contributed by atoms with Crippen molar-refractivity contribution in [2.24, 2.45) is 0 Å². The molecule has 0 saturated carbocycles. The molecule has 0 bridgehead atoms. The van der Waals surface area contributed by atoms with Crippen LogP contribution in [0.1, 0.15) is 5.56 Å². The lowest BCUT2D eigenvalue weighted by molar-refractivity contribution is -0.138. The van der Waals surface area contributed by atoms with Crippen molar-refractivity contribution >= 4 is 23.3 Å². The van der Waals surface area contributed by atoms with Gasteiger partial charge in [-0.2, -0.15) is 0 Å². The van der Waals surface area contributed by atoms with Gasteiger partial charge in [0.2, 0.25) is 0 Å². The van der Waals surface area contributed by atoms with Crippen LogP contribution in [0.15, 0.2) is 36.8 Å². The van der Waals surface area contributed by atoms with Gasteiger partial charge in [-0.1, -0.05) is 11.6 Å². The summed E-state index contributed by atoms with van der Waals surface area (Å²) in [7, 11) is 0. The molecule has 1 amide bonds. The number of amides is 1. The van der Waals surface area contributed by atoms with Crippen LogP contribution in [0.4, 0.5) is 5.82 Å². The average molecular weight is 345 g/mol. The Morgan fingerprint density at radius 3 is 2.79 bits per heavy atom. The summed E-state index contributed by atoms with van der Waals surface area (Å²) in [5, 5.41) is 0.669. The zero-order chi connectivity index (χ0) is 16.5. The van der Waals surface area contributed by atoms with Crippen molar-refractivity contribution in [3.05, 3.63) is 47.4 Å². The predicted octanol–water partition coefficient (Wildman–Crippen LogP) is 1.78. The van der Waals surface area contributed by atoms with Crippen LogP contribution in [0, 0.1) is 0 Å². The maximum absolute atomic E-state index is 12.7. The number of rotatable bonds is 2. The van der Waals surface area contributed by atoms with Crippen LogP contribution >= 0.6 is 11.6 Å². The lowest BCUT2D eigenvalue weighted by atomic mass is 10.1. The SMILES string of the molecule is O=C([C@H]1Cc2cc(Cl)ccc2O1)N1CCN(c2cnccn2)CC1. The molecule has 1 saturated heterocycles. The Morgan fingerprint density at radius 1 is 1.21 bits per heavy atom. The number of piperazine rings is 1. The first kappa shape index (κ1) is 15.2. The first-order valence-corrected chi connectivity index (χ1v) is 8.33. The quantitative estimate of drug-likeness (QED) is 0.831. The van der Waals surface area contributed by atoms with Crippen LogP contribution in [0.2, 0.25) is 5.02 Å². The number of hydrogen-bond acceptors (Lipinski definition) is 5. The number of carbonyl (C=O) groups is 1. The van der Waals surface area contributed by atoms with Crippen molar-refractivity contribution in [2.45, 2.75) is 12.5 Å². The highest BCUT2D eigenvalue weighted by molar-refractivity contribution is 6.30. The number of carbonyl (C=O) groups excluding carboxylic acids is 1. The van der Waals surface area contributed by atoms with Gasteiger partial charge in [0.15, 0.2) is 6.10 Å². The second-order valence-electron chi connectivity index (χ2n) is 5.94. The summed E-state index contributed by atoms with van der Waals surface area (Å²) < 4.78 is 5.80. The van der Waals surface area contributed by atoms with E-state index in [0.717, 1.165) is 30.2 Å². The van der Waals surface area contributed by atoms with Crippen LogP contribution in [-0.4, -0.2) is 53.1 Å². The van der Waals surface area contributed by atoms with Crippen LogP contribution < -0.4 is 9.64 Å². The molecule has 6 nitrogen and oxygen atoms in total. The van der Waals surface area contributed by atoms with Crippen molar-refractivity contribution in [1.82, 2.24) is 14.9 Å². The highest BCUT2D eigenvalue weighted by Gasteiger charge is 2.34. The largest absolute Gasteiger partial charge is 0.480 e. The van der Waals surface area contributed by atoms with Crippen molar-refractivity contribution in [3.8, 4) is 5.75 Å². The molecule has 1 atom stereocenters. The van der Waals surface area contributed by atoms with E-state index in [1.165, 1.54) is 0 Å². The van der Waals surface area contributed by atoms with Gasteiger partial charge in [-0.15, -0.1) is 0 Å². The molecule has 1 aromatic heterocycles. The van der Waals surface area contributed by atoms with Crippen molar-refractivity contribution in [3.63, 3.8) is 0 Å². The normalized spacial score (nSPS) is 19.8. The lowest BCUT2D eigenvalue weighted by Gasteiger charge is -2.36. The van der Waals surface area contributed by atoms with Gasteiger partial charge in [0.1, 0.15) is 11.6 Å². The third kappa shape index (κ3) is 2.89. The molecule has 0 unspecified atom stereocenters. The van der Waals surface area contributed by atoms with Gasteiger partial charge in [-0.25, -0.2) is 4.98 Å². The third-order valence-corrected chi connectivity index (χ3v) is 4.67. The number of hydrogen-bond donors (Lipinski definition) is 0. The number of aromatic nitrogens is 2. The van der Waals surface area contributed by atoms with Gasteiger partial charge < -0.3 is 14.5 Å². The standard InChI is InChI=1S/C17H17ClN4O2/c18-13-1-2-14-12(9-13)10-15(24-14)17(23)22-7-5-21(6-8-22)16-11-19-3-4-20-16/h1-4,9,11,15H,5-8,10H2/t15-/m1/s1. The number of halogens is 1. The Balaban J connectivity index is 1.37. The zero-order valence-corrected chi connectivity index (χ0v) is 13.8. The molecule has 1 aromatic carbocycles. The van der Waals surface area contributed by atoms with Gasteiger partial charge in [0, 0.05) is 50.0 Å². The fraction of sp³-hybridized carbons (Fsp3) is 0.353. The molecular formula is C17H17ClN4O2. The van der Waals surface area contributed by atoms with Crippen LogP contribution in [-0.2, 0) is 11.2 Å². The highest BCUT2D eigenvalue weighted by Crippen LogP contribution is 2.31. The van der Waals surface area contributed by atoms with Gasteiger partial charge in [-0.05, 0) is 23.8 Å². The molecule has 124 valence electrons. The monoisotopic (exact) mass is 344 g/mol. The van der Waals surface area contributed by atoms with Gasteiger partial charge >= 0.3 is 0 Å². The van der Waals surface area contributed by atoms with E-state index in [1.807, 2.05) is 17.0 Å². The zero-order valence-electron chi connectivity index (χ0n) is 13.1. The maximum atomic E-state index is 12.7. The molecule has 2 aromatic rings. The fourth-order valence-electron chi connectivity index (χ4n) is 3.17. The van der Waals surface area contributed by atoms with Gasteiger partial charge in [0.25, 0.3) is 5.91 Å². The maximum Gasteiger partial charge on any atom is 0.264 e. The molecule has 24 heavy (non-hydrogen) atoms. The van der Waals surface area contributed by atoms with E-state index in [4.69, 9.17) is 16.3 Å². The van der Waals surface area contributed by atoms with E-state index in [9.17, 15) is 4.79 Å². The summed E-state index contributed by atoms with van der Waals surface area (Å²) >= 11 is 6.01. The molecule has 2 aliphatic heterocycles. The van der Waals surface area contributed by atoms with Crippen molar-refractivity contribution in [2.75, 3.05) is 31.1 Å². The highest BCUT2D eigenvalue weighted by atomic mass is 35.5. The minimum atomic E-state index is -0.443. The Kier molecular flexibility index (Phi) is 3.98. The molecule has 0 spiro atoms. The molecule has 0 radical (unpaired) electrons. The predicted molar refractivity (Wildman–Crippen MR) is 90.4 cm³/mol. The molecule has 2 aliphatic rings. The summed E-state index contributed by atoms with van der Waals surface area (Å²) in [4.78, 5) is 25.1. The number of benzene rings is 1. The number of fused-ring (bicyclic) bond motifs is 1. The molecule has 0 N–H and O–H groups in total. The minimum absolute atomic E-state index is 0.0427. The smallest absolute Gasteiger partial charge is 0.264 e. The number of ether oxygens (including phenoxy) is 1. The Hall–Kier alpha value is -2.34. The molecule has 3 heterocycles. The number of nitrogens with zero attached hydrogens (tertiary/aromatic N) is 4. The van der Waals surface area contributed by atoms with Gasteiger partial charge in [0.05, 0.1) is 6.20 Å². The van der Waals surface area contributed by atoms with E-state index in [1.54, 1.807) is 24.7 Å². The second kappa shape index (κ2) is 6.28. The topological polar surface area (TPSA) is 58.6 Å². The lowest BCUT2D eigenvalue weighted by Crippen LogP contribution is -2.52. The van der Waals surface area contributed by atoms with Crippen LogP contribution in [0.5, 0.6) is 5.75 Å². The Morgan fingerprint density at radius 2 is 2.04 bits per heavy atom. The molecule has 7 heteroatoms. The van der Waals surface area contributed by atoms with E-state index in [0.29, 0.717) is 24.5 Å². The molecular weight excluding hydrogens is 328 g/mol. The summed E-state index contributed by atoms with van der Waals surface area (Å²) in [6, 6.07) is 5.49. The second-order valence-corrected chi connectivity index (χ2v) is 6.38. The van der Waals surface area contributed by atoms with Crippen molar-refractivity contribution in [1.29, 1.82) is 0 Å². The van der Waals surface area contributed by atoms with E-state index >= 15 is 0 Å². The fourth-order valence-corrected chi connectivity index (χ4v) is 3.36. The van der Waals surface area contributed by atoms with E-state index < -0.39 is 6.10 Å². The first-order valence-electron chi connectivity index (χ1n) is 7.95. The summed E-state index contributed by atoms with van der Waals surface area (Å²) in [6.45, 7) is 2.81. The summed E-state index contributed by atoms with van der Waals surface area (Å²) in [5.74, 6) is 1.65.